The fourth-order valence-electron chi connectivity index (χ4n) is 2.87. The molecule has 4 rings (SSSR count). The van der Waals surface area contributed by atoms with Gasteiger partial charge in [0.25, 0.3) is 5.91 Å². The lowest BCUT2D eigenvalue weighted by atomic mass is 10.2. The summed E-state index contributed by atoms with van der Waals surface area (Å²) >= 11 is 4.90. The summed E-state index contributed by atoms with van der Waals surface area (Å²) in [5.74, 6) is 3.37. The van der Waals surface area contributed by atoms with Crippen LogP contribution >= 0.6 is 27.3 Å². The SMILES string of the molecule is C#CCn1c(=NC(=O)c2ccccc2Oc2ccccc2)sc2cc(Br)ccc21. The summed E-state index contributed by atoms with van der Waals surface area (Å²) in [5, 5.41) is 0. The average Bonchev–Trinajstić information content (AvgIpc) is 3.05. The van der Waals surface area contributed by atoms with Crippen LogP contribution in [-0.2, 0) is 6.54 Å². The van der Waals surface area contributed by atoms with Crippen molar-refractivity contribution in [1.29, 1.82) is 0 Å². The number of amides is 1. The van der Waals surface area contributed by atoms with Gasteiger partial charge in [-0.1, -0.05) is 63.5 Å². The van der Waals surface area contributed by atoms with Gasteiger partial charge in [0.05, 0.1) is 22.3 Å². The molecule has 0 N–H and O–H groups in total. The first kappa shape index (κ1) is 19.2. The standard InChI is InChI=1S/C23H15BrN2O2S/c1-2-14-26-19-13-12-16(24)15-21(19)29-23(26)25-22(27)18-10-6-7-11-20(18)28-17-8-4-3-5-9-17/h1,3-13,15H,14H2. The zero-order chi connectivity index (χ0) is 20.2. The van der Waals surface area contributed by atoms with E-state index in [0.717, 1.165) is 14.7 Å². The van der Waals surface area contributed by atoms with Crippen molar-refractivity contribution in [2.45, 2.75) is 6.54 Å². The second kappa shape index (κ2) is 8.48. The Balaban J connectivity index is 1.78. The van der Waals surface area contributed by atoms with Crippen molar-refractivity contribution in [1.82, 2.24) is 4.57 Å². The summed E-state index contributed by atoms with van der Waals surface area (Å²) in [6.07, 6.45) is 5.54. The molecule has 0 saturated carbocycles. The monoisotopic (exact) mass is 462 g/mol. The van der Waals surface area contributed by atoms with Crippen LogP contribution in [0.5, 0.6) is 11.5 Å². The molecule has 1 heterocycles. The molecule has 1 aromatic heterocycles. The Morgan fingerprint density at radius 3 is 2.66 bits per heavy atom. The Hall–Kier alpha value is -3.14. The van der Waals surface area contributed by atoms with Gasteiger partial charge in [-0.25, -0.2) is 0 Å². The Morgan fingerprint density at radius 1 is 1.10 bits per heavy atom. The molecule has 0 atom stereocenters. The molecule has 0 aliphatic rings. The molecular formula is C23H15BrN2O2S. The average molecular weight is 463 g/mol. The number of benzene rings is 3. The van der Waals surface area contributed by atoms with E-state index in [4.69, 9.17) is 11.2 Å². The molecule has 6 heteroatoms. The number of hydrogen-bond acceptors (Lipinski definition) is 3. The van der Waals surface area contributed by atoms with Crippen molar-refractivity contribution in [2.24, 2.45) is 4.99 Å². The lowest BCUT2D eigenvalue weighted by Gasteiger charge is -2.08. The number of para-hydroxylation sites is 2. The van der Waals surface area contributed by atoms with Gasteiger partial charge in [0.2, 0.25) is 0 Å². The van der Waals surface area contributed by atoms with Crippen molar-refractivity contribution < 1.29 is 9.53 Å². The van der Waals surface area contributed by atoms with Crippen LogP contribution in [0.15, 0.2) is 82.3 Å². The third kappa shape index (κ3) is 4.16. The van der Waals surface area contributed by atoms with Gasteiger partial charge in [0.15, 0.2) is 4.80 Å². The summed E-state index contributed by atoms with van der Waals surface area (Å²) in [6, 6.07) is 22.3. The van der Waals surface area contributed by atoms with Crippen LogP contribution in [0.1, 0.15) is 10.4 Å². The molecule has 0 bridgehead atoms. The topological polar surface area (TPSA) is 43.6 Å². The van der Waals surface area contributed by atoms with Gasteiger partial charge in [-0.05, 0) is 42.5 Å². The van der Waals surface area contributed by atoms with Crippen LogP contribution in [0.2, 0.25) is 0 Å². The van der Waals surface area contributed by atoms with E-state index >= 15 is 0 Å². The second-order valence-corrected chi connectivity index (χ2v) is 8.04. The molecule has 1 amide bonds. The number of hydrogen-bond donors (Lipinski definition) is 0. The highest BCUT2D eigenvalue weighted by Crippen LogP contribution is 2.26. The highest BCUT2D eigenvalue weighted by Gasteiger charge is 2.14. The molecule has 0 unspecified atom stereocenters. The molecule has 4 nitrogen and oxygen atoms in total. The molecule has 3 aromatic carbocycles. The Labute approximate surface area is 180 Å². The Bertz CT molecular complexity index is 1300. The molecule has 0 aliphatic carbocycles. The Kier molecular flexibility index (Phi) is 5.61. The van der Waals surface area contributed by atoms with Gasteiger partial charge in [0, 0.05) is 4.47 Å². The number of terminal acetylenes is 1. The van der Waals surface area contributed by atoms with E-state index in [2.05, 4.69) is 26.8 Å². The fraction of sp³-hybridized carbons (Fsp3) is 0.0435. The lowest BCUT2D eigenvalue weighted by Crippen LogP contribution is -2.16. The molecule has 0 fully saturated rings. The van der Waals surface area contributed by atoms with E-state index in [1.807, 2.05) is 59.2 Å². The van der Waals surface area contributed by atoms with Crippen molar-refractivity contribution >= 4 is 43.4 Å². The number of rotatable bonds is 4. The summed E-state index contributed by atoms with van der Waals surface area (Å²) < 4.78 is 9.72. The summed E-state index contributed by atoms with van der Waals surface area (Å²) in [7, 11) is 0. The van der Waals surface area contributed by atoms with Gasteiger partial charge in [-0.15, -0.1) is 6.42 Å². The van der Waals surface area contributed by atoms with Crippen molar-refractivity contribution in [2.75, 3.05) is 0 Å². The van der Waals surface area contributed by atoms with Gasteiger partial charge in [-0.3, -0.25) is 4.79 Å². The maximum absolute atomic E-state index is 13.0. The zero-order valence-corrected chi connectivity index (χ0v) is 17.6. The van der Waals surface area contributed by atoms with Crippen LogP contribution < -0.4 is 9.54 Å². The molecular weight excluding hydrogens is 448 g/mol. The van der Waals surface area contributed by atoms with Crippen molar-refractivity contribution in [3.05, 3.63) is 87.6 Å². The van der Waals surface area contributed by atoms with Crippen molar-refractivity contribution in [3.63, 3.8) is 0 Å². The third-order valence-electron chi connectivity index (χ3n) is 4.18. The molecule has 142 valence electrons. The largest absolute Gasteiger partial charge is 0.457 e. The van der Waals surface area contributed by atoms with E-state index in [-0.39, 0.29) is 5.91 Å². The highest BCUT2D eigenvalue weighted by atomic mass is 79.9. The van der Waals surface area contributed by atoms with Crippen LogP contribution in [0.3, 0.4) is 0 Å². The van der Waals surface area contributed by atoms with Crippen LogP contribution in [0.25, 0.3) is 10.2 Å². The predicted octanol–water partition coefficient (Wildman–Crippen LogP) is 5.63. The van der Waals surface area contributed by atoms with Gasteiger partial charge >= 0.3 is 0 Å². The first-order valence-electron chi connectivity index (χ1n) is 8.79. The normalized spacial score (nSPS) is 11.4. The number of ether oxygens (including phenoxy) is 1. The number of nitrogens with zero attached hydrogens (tertiary/aromatic N) is 2. The minimum absolute atomic E-state index is 0.329. The summed E-state index contributed by atoms with van der Waals surface area (Å²) in [4.78, 5) is 17.9. The number of carbonyl (C=O) groups is 1. The zero-order valence-electron chi connectivity index (χ0n) is 15.2. The van der Waals surface area contributed by atoms with E-state index in [1.165, 1.54) is 11.3 Å². The quantitative estimate of drug-likeness (QED) is 0.368. The van der Waals surface area contributed by atoms with Crippen LogP contribution in [0.4, 0.5) is 0 Å². The molecule has 0 aliphatic heterocycles. The molecule has 0 saturated heterocycles. The predicted molar refractivity (Wildman–Crippen MR) is 119 cm³/mol. The minimum atomic E-state index is -0.382. The third-order valence-corrected chi connectivity index (χ3v) is 5.71. The number of carbonyl (C=O) groups excluding carboxylic acids is 1. The first-order valence-corrected chi connectivity index (χ1v) is 10.4. The number of aromatic nitrogens is 1. The van der Waals surface area contributed by atoms with Gasteiger partial charge < -0.3 is 9.30 Å². The lowest BCUT2D eigenvalue weighted by molar-refractivity contribution is 0.0995. The summed E-state index contributed by atoms with van der Waals surface area (Å²) in [6.45, 7) is 0.329. The number of fused-ring (bicyclic) bond motifs is 1. The van der Waals surface area contributed by atoms with E-state index in [9.17, 15) is 4.79 Å². The van der Waals surface area contributed by atoms with Gasteiger partial charge in [0.1, 0.15) is 11.5 Å². The maximum atomic E-state index is 13.0. The van der Waals surface area contributed by atoms with Gasteiger partial charge in [-0.2, -0.15) is 4.99 Å². The van der Waals surface area contributed by atoms with Crippen molar-refractivity contribution in [3.8, 4) is 23.8 Å². The smallest absolute Gasteiger partial charge is 0.283 e. The summed E-state index contributed by atoms with van der Waals surface area (Å²) in [5.41, 5.74) is 1.33. The second-order valence-electron chi connectivity index (χ2n) is 6.12. The molecule has 0 spiro atoms. The maximum Gasteiger partial charge on any atom is 0.283 e. The highest BCUT2D eigenvalue weighted by molar-refractivity contribution is 9.10. The minimum Gasteiger partial charge on any atom is -0.457 e. The van der Waals surface area contributed by atoms with E-state index < -0.39 is 0 Å². The van der Waals surface area contributed by atoms with Crippen LogP contribution in [0, 0.1) is 12.3 Å². The van der Waals surface area contributed by atoms with E-state index in [0.29, 0.717) is 28.4 Å². The molecule has 4 aromatic rings. The Morgan fingerprint density at radius 2 is 1.86 bits per heavy atom. The van der Waals surface area contributed by atoms with E-state index in [1.54, 1.807) is 18.2 Å². The number of halogens is 1. The first-order chi connectivity index (χ1) is 14.2. The number of thiazole rings is 1. The molecule has 29 heavy (non-hydrogen) atoms. The van der Waals surface area contributed by atoms with Crippen LogP contribution in [-0.4, -0.2) is 10.5 Å². The fourth-order valence-corrected chi connectivity index (χ4v) is 4.45. The molecule has 0 radical (unpaired) electrons.